The van der Waals surface area contributed by atoms with Gasteiger partial charge in [0.15, 0.2) is 6.10 Å². The first kappa shape index (κ1) is 11.4. The number of aliphatic carboxylic acids is 1. The third kappa shape index (κ3) is 3.72. The molecule has 0 radical (unpaired) electrons. The van der Waals surface area contributed by atoms with Crippen molar-refractivity contribution in [3.05, 3.63) is 0 Å². The van der Waals surface area contributed by atoms with Gasteiger partial charge in [0.2, 0.25) is 0 Å². The summed E-state index contributed by atoms with van der Waals surface area (Å²) in [6.07, 6.45) is 0.211. The number of carbonyl (C=O) groups is 1. The van der Waals surface area contributed by atoms with Gasteiger partial charge in [-0.25, -0.2) is 4.79 Å². The van der Waals surface area contributed by atoms with E-state index in [1.54, 1.807) is 6.92 Å². The van der Waals surface area contributed by atoms with Gasteiger partial charge in [-0.2, -0.15) is 0 Å². The van der Waals surface area contributed by atoms with Gasteiger partial charge < -0.3 is 9.84 Å². The Morgan fingerprint density at radius 2 is 1.92 bits per heavy atom. The summed E-state index contributed by atoms with van der Waals surface area (Å²) in [5, 5.41) is 8.58. The van der Waals surface area contributed by atoms with Crippen molar-refractivity contribution in [2.24, 2.45) is 5.92 Å². The van der Waals surface area contributed by atoms with Crippen LogP contribution in [0.15, 0.2) is 0 Å². The maximum Gasteiger partial charge on any atom is 0.332 e. The zero-order chi connectivity index (χ0) is 9.72. The molecule has 0 rings (SSSR count). The first-order valence-corrected chi connectivity index (χ1v) is 4.37. The zero-order valence-corrected chi connectivity index (χ0v) is 8.20. The molecule has 0 aliphatic heterocycles. The lowest BCUT2D eigenvalue weighted by Gasteiger charge is -2.22. The fraction of sp³-hybridized carbons (Fsp3) is 0.889. The van der Waals surface area contributed by atoms with Crippen LogP contribution in [0.1, 0.15) is 34.1 Å². The van der Waals surface area contributed by atoms with Crippen molar-refractivity contribution < 1.29 is 14.6 Å². The van der Waals surface area contributed by atoms with E-state index in [0.29, 0.717) is 5.92 Å². The van der Waals surface area contributed by atoms with E-state index in [9.17, 15) is 4.79 Å². The normalized spacial score (nSPS) is 16.1. The Kier molecular flexibility index (Phi) is 4.90. The molecule has 3 heteroatoms. The van der Waals surface area contributed by atoms with Gasteiger partial charge in [-0.05, 0) is 19.3 Å². The van der Waals surface area contributed by atoms with Crippen LogP contribution < -0.4 is 0 Å². The van der Waals surface area contributed by atoms with Crippen LogP contribution in [0, 0.1) is 5.92 Å². The number of rotatable bonds is 5. The highest BCUT2D eigenvalue weighted by molar-refractivity contribution is 5.71. The lowest BCUT2D eigenvalue weighted by molar-refractivity contribution is -0.154. The van der Waals surface area contributed by atoms with Crippen LogP contribution in [0.5, 0.6) is 0 Å². The van der Waals surface area contributed by atoms with Crippen LogP contribution in [0.2, 0.25) is 0 Å². The van der Waals surface area contributed by atoms with E-state index in [1.165, 1.54) is 0 Å². The predicted octanol–water partition coefficient (Wildman–Crippen LogP) is 1.91. The lowest BCUT2D eigenvalue weighted by atomic mass is 10.1. The van der Waals surface area contributed by atoms with Crippen molar-refractivity contribution in [2.75, 3.05) is 0 Å². The minimum absolute atomic E-state index is 0.0519. The molecule has 0 amide bonds. The molecule has 0 aliphatic rings. The van der Waals surface area contributed by atoms with Crippen molar-refractivity contribution >= 4 is 5.97 Å². The van der Waals surface area contributed by atoms with E-state index in [-0.39, 0.29) is 6.10 Å². The van der Waals surface area contributed by atoms with Crippen LogP contribution >= 0.6 is 0 Å². The quantitative estimate of drug-likeness (QED) is 0.692. The van der Waals surface area contributed by atoms with Crippen molar-refractivity contribution in [3.63, 3.8) is 0 Å². The van der Waals surface area contributed by atoms with E-state index in [1.807, 2.05) is 20.8 Å². The molecule has 0 aliphatic carbocycles. The van der Waals surface area contributed by atoms with Gasteiger partial charge in [0.25, 0.3) is 0 Å². The first-order chi connectivity index (χ1) is 5.49. The highest BCUT2D eigenvalue weighted by Crippen LogP contribution is 2.12. The fourth-order valence-corrected chi connectivity index (χ4v) is 1.05. The summed E-state index contributed by atoms with van der Waals surface area (Å²) in [5.74, 6) is -0.522. The van der Waals surface area contributed by atoms with Crippen LogP contribution in [0.4, 0.5) is 0 Å². The van der Waals surface area contributed by atoms with Gasteiger partial charge >= 0.3 is 5.97 Å². The smallest absolute Gasteiger partial charge is 0.332 e. The third-order valence-corrected chi connectivity index (χ3v) is 1.87. The Hall–Kier alpha value is -0.570. The Morgan fingerprint density at radius 1 is 1.42 bits per heavy atom. The largest absolute Gasteiger partial charge is 0.479 e. The van der Waals surface area contributed by atoms with E-state index in [0.717, 1.165) is 6.42 Å². The topological polar surface area (TPSA) is 46.5 Å². The summed E-state index contributed by atoms with van der Waals surface area (Å²) in [4.78, 5) is 10.4. The fourth-order valence-electron chi connectivity index (χ4n) is 1.05. The van der Waals surface area contributed by atoms with Crippen molar-refractivity contribution in [2.45, 2.75) is 46.3 Å². The molecule has 0 bridgehead atoms. The average molecular weight is 174 g/mol. The van der Waals surface area contributed by atoms with Crippen LogP contribution in [0.3, 0.4) is 0 Å². The zero-order valence-electron chi connectivity index (χ0n) is 8.20. The maximum absolute atomic E-state index is 10.4. The lowest BCUT2D eigenvalue weighted by Crippen LogP contribution is -2.29. The molecule has 0 spiro atoms. The van der Waals surface area contributed by atoms with Crippen LogP contribution in [-0.4, -0.2) is 23.3 Å². The number of ether oxygens (including phenoxy) is 1. The van der Waals surface area contributed by atoms with Gasteiger partial charge in [0.05, 0.1) is 6.10 Å². The van der Waals surface area contributed by atoms with E-state index >= 15 is 0 Å². The summed E-state index contributed by atoms with van der Waals surface area (Å²) >= 11 is 0. The predicted molar refractivity (Wildman–Crippen MR) is 47.1 cm³/mol. The molecule has 2 unspecified atom stereocenters. The molecule has 0 heterocycles. The molecule has 2 atom stereocenters. The molecule has 1 N–H and O–H groups in total. The van der Waals surface area contributed by atoms with Gasteiger partial charge in [-0.15, -0.1) is 0 Å². The Bertz CT molecular complexity index is 143. The molecule has 0 saturated heterocycles. The molecule has 72 valence electrons. The molecular weight excluding hydrogens is 156 g/mol. The Labute approximate surface area is 73.7 Å². The van der Waals surface area contributed by atoms with Crippen molar-refractivity contribution in [1.82, 2.24) is 0 Å². The SMILES string of the molecule is CCC(OC(C)C(=O)O)C(C)C. The Morgan fingerprint density at radius 3 is 2.17 bits per heavy atom. The summed E-state index contributed by atoms with van der Waals surface area (Å²) < 4.78 is 5.32. The molecule has 0 aromatic carbocycles. The van der Waals surface area contributed by atoms with E-state index < -0.39 is 12.1 Å². The summed E-state index contributed by atoms with van der Waals surface area (Å²) in [6, 6.07) is 0. The number of carboxylic acids is 1. The van der Waals surface area contributed by atoms with E-state index in [4.69, 9.17) is 9.84 Å². The molecular formula is C9H18O3. The Balaban J connectivity index is 3.93. The van der Waals surface area contributed by atoms with Gasteiger partial charge in [0.1, 0.15) is 0 Å². The van der Waals surface area contributed by atoms with Gasteiger partial charge in [0, 0.05) is 0 Å². The van der Waals surface area contributed by atoms with E-state index in [2.05, 4.69) is 0 Å². The van der Waals surface area contributed by atoms with Crippen LogP contribution in [0.25, 0.3) is 0 Å². The molecule has 0 aromatic heterocycles. The minimum atomic E-state index is -0.894. The summed E-state index contributed by atoms with van der Waals surface area (Å²) in [7, 11) is 0. The molecule has 12 heavy (non-hydrogen) atoms. The monoisotopic (exact) mass is 174 g/mol. The molecule has 0 aromatic rings. The molecule has 0 fully saturated rings. The van der Waals surface area contributed by atoms with Crippen LogP contribution in [-0.2, 0) is 9.53 Å². The highest BCUT2D eigenvalue weighted by Gasteiger charge is 2.19. The van der Waals surface area contributed by atoms with Gasteiger partial charge in [-0.3, -0.25) is 0 Å². The number of hydrogen-bond acceptors (Lipinski definition) is 2. The number of hydrogen-bond donors (Lipinski definition) is 1. The highest BCUT2D eigenvalue weighted by atomic mass is 16.5. The average Bonchev–Trinajstić information content (AvgIpc) is 1.98. The first-order valence-electron chi connectivity index (χ1n) is 4.37. The second-order valence-electron chi connectivity index (χ2n) is 3.31. The maximum atomic E-state index is 10.4. The summed E-state index contributed by atoms with van der Waals surface area (Å²) in [5.41, 5.74) is 0. The minimum Gasteiger partial charge on any atom is -0.479 e. The second-order valence-corrected chi connectivity index (χ2v) is 3.31. The second kappa shape index (κ2) is 5.14. The third-order valence-electron chi connectivity index (χ3n) is 1.87. The standard InChI is InChI=1S/C9H18O3/c1-5-8(6(2)3)12-7(4)9(10)11/h6-8H,5H2,1-4H3,(H,10,11). The molecule has 0 saturated carbocycles. The number of carboxylic acid groups (broad SMARTS) is 1. The molecule has 3 nitrogen and oxygen atoms in total. The van der Waals surface area contributed by atoms with Crippen molar-refractivity contribution in [1.29, 1.82) is 0 Å². The van der Waals surface area contributed by atoms with Gasteiger partial charge in [-0.1, -0.05) is 20.8 Å². The summed E-state index contributed by atoms with van der Waals surface area (Å²) in [6.45, 7) is 7.62. The van der Waals surface area contributed by atoms with Crippen molar-refractivity contribution in [3.8, 4) is 0 Å².